The van der Waals surface area contributed by atoms with E-state index in [0.717, 1.165) is 10.1 Å². The molecule has 0 aliphatic rings. The largest absolute Gasteiger partial charge is 0.374 e. The molecule has 8 heteroatoms. The van der Waals surface area contributed by atoms with Gasteiger partial charge in [-0.1, -0.05) is 109 Å². The first kappa shape index (κ1) is 28.3. The molecule has 0 aliphatic carbocycles. The van der Waals surface area contributed by atoms with E-state index in [9.17, 15) is 0 Å². The summed E-state index contributed by atoms with van der Waals surface area (Å²) in [5.74, 6) is 0.945. The molecule has 2 nitrogen and oxygen atoms in total. The van der Waals surface area contributed by atoms with Gasteiger partial charge in [0.1, 0.15) is 8.64 Å². The third kappa shape index (κ3) is 23.0. The lowest BCUT2D eigenvalue weighted by Crippen LogP contribution is -2.10. The van der Waals surface area contributed by atoms with Crippen molar-refractivity contribution < 1.29 is 0 Å². The van der Waals surface area contributed by atoms with Gasteiger partial charge in [-0.15, -0.1) is 12.6 Å². The summed E-state index contributed by atoms with van der Waals surface area (Å²) in [6, 6.07) is 20.6. The molecule has 27 heavy (non-hydrogen) atoms. The van der Waals surface area contributed by atoms with Gasteiger partial charge in [0.15, 0.2) is 0 Å². The van der Waals surface area contributed by atoms with E-state index in [2.05, 4.69) is 66.7 Å². The summed E-state index contributed by atoms with van der Waals surface area (Å²) in [7, 11) is 4.83. The molecule has 0 atom stereocenters. The van der Waals surface area contributed by atoms with Gasteiger partial charge in [0, 0.05) is 28.3 Å². The van der Waals surface area contributed by atoms with Gasteiger partial charge in [0.05, 0.1) is 7.81 Å². The number of nitrogens with one attached hydrogen (secondary N) is 2. The Morgan fingerprint density at radius 3 is 1.74 bits per heavy atom. The van der Waals surface area contributed by atoms with Gasteiger partial charge in [-0.2, -0.15) is 0 Å². The Morgan fingerprint density at radius 1 is 1.04 bits per heavy atom. The molecule has 2 aromatic carbocycles. The van der Waals surface area contributed by atoms with Crippen LogP contribution in [0.2, 0.25) is 6.82 Å². The van der Waals surface area contributed by atoms with Gasteiger partial charge in [-0.25, -0.2) is 0 Å². The van der Waals surface area contributed by atoms with Crippen molar-refractivity contribution in [2.75, 3.05) is 14.1 Å². The van der Waals surface area contributed by atoms with Gasteiger partial charge in [0.25, 0.3) is 0 Å². The van der Waals surface area contributed by atoms with Crippen molar-refractivity contribution in [1.82, 2.24) is 10.6 Å². The van der Waals surface area contributed by atoms with Crippen LogP contribution < -0.4 is 10.6 Å². The van der Waals surface area contributed by atoms with Crippen molar-refractivity contribution in [1.29, 1.82) is 1.34 Å². The molecule has 2 rings (SSSR count). The number of thioether (sulfide) groups is 1. The minimum atomic E-state index is 0. The van der Waals surface area contributed by atoms with Crippen LogP contribution in [0.1, 0.15) is 11.1 Å². The summed E-state index contributed by atoms with van der Waals surface area (Å²) in [5.41, 5.74) is 2.63. The maximum atomic E-state index is 6.08. The van der Waals surface area contributed by atoms with Crippen molar-refractivity contribution >= 4 is 73.7 Å². The number of hydrogen-bond donors (Lipinski definition) is 3. The Morgan fingerprint density at radius 2 is 1.44 bits per heavy atom. The van der Waals surface area contributed by atoms with Crippen molar-refractivity contribution in [2.24, 2.45) is 0 Å². The Bertz CT molecular complexity index is 605. The molecule has 0 heterocycles. The molecule has 0 fully saturated rings. The molecule has 0 saturated heterocycles. The van der Waals surface area contributed by atoms with E-state index < -0.39 is 0 Å². The zero-order chi connectivity index (χ0) is 20.9. The average Bonchev–Trinajstić information content (AvgIpc) is 2.69. The van der Waals surface area contributed by atoms with E-state index in [1.807, 2.05) is 43.4 Å². The van der Waals surface area contributed by atoms with Crippen LogP contribution in [-0.2, 0) is 5.75 Å². The standard InChI is InChI=1S/C9H11NS2.C7H8.C2H5NS2.CH4B.B/c1-10-9(11)12-7-8-5-3-2-4-6-8;1-7-5-3-2-4-6-7;1-3-2(4)5;1-2;/h2-6H,7H2,1H3,(H,10,11);2-6H,1H3;1H3,(H2,3,4,5);2H,1H3;/i;;;2D;. The molecule has 0 aromatic heterocycles. The zero-order valence-corrected chi connectivity index (χ0v) is 19.7. The van der Waals surface area contributed by atoms with Gasteiger partial charge >= 0.3 is 0 Å². The smallest absolute Gasteiger partial charge is 0.133 e. The first-order chi connectivity index (χ1) is 12.9. The second-order valence-electron chi connectivity index (χ2n) is 4.52. The lowest BCUT2D eigenvalue weighted by molar-refractivity contribution is 1.23. The quantitative estimate of drug-likeness (QED) is 0.369. The SMILES string of the molecule is CNC(=S)S.CNC(=S)SCc1ccccc1.Cc1ccccc1.[2H][B]C.[B]. The summed E-state index contributed by atoms with van der Waals surface area (Å²) in [6.07, 6.45) is 0. The Hall–Kier alpha value is -0.950. The van der Waals surface area contributed by atoms with Crippen LogP contribution in [0.3, 0.4) is 0 Å². The molecule has 0 saturated carbocycles. The Kier molecular flexibility index (Phi) is 24.2. The second kappa shape index (κ2) is 23.1. The van der Waals surface area contributed by atoms with Crippen LogP contribution in [-0.4, -0.2) is 40.3 Å². The second-order valence-corrected chi connectivity index (χ2v) is 7.33. The van der Waals surface area contributed by atoms with Crippen molar-refractivity contribution in [3.63, 3.8) is 0 Å². The molecule has 0 bridgehead atoms. The molecule has 0 amide bonds. The Labute approximate surface area is 190 Å². The predicted molar refractivity (Wildman–Crippen MR) is 140 cm³/mol. The topological polar surface area (TPSA) is 24.1 Å². The fraction of sp³-hybridized carbons (Fsp3) is 0.263. The highest BCUT2D eigenvalue weighted by molar-refractivity contribution is 8.22. The summed E-state index contributed by atoms with van der Waals surface area (Å²) < 4.78 is 7.46. The molecular formula is C19H28B2N2S4. The number of thiocarbonyl (C=S) groups is 2. The van der Waals surface area contributed by atoms with Gasteiger partial charge in [-0.3, -0.25) is 0 Å². The minimum Gasteiger partial charge on any atom is -0.374 e. The van der Waals surface area contributed by atoms with Crippen molar-refractivity contribution in [3.05, 3.63) is 71.8 Å². The third-order valence-corrected chi connectivity index (χ3v) is 4.50. The highest BCUT2D eigenvalue weighted by Crippen LogP contribution is 2.11. The van der Waals surface area contributed by atoms with E-state index in [-0.39, 0.29) is 8.41 Å². The molecule has 0 unspecified atom stereocenters. The Balaban J connectivity index is -0.000000334. The maximum Gasteiger partial charge on any atom is 0.133 e. The molecule has 2 aromatic rings. The first-order valence-electron chi connectivity index (χ1n) is 8.45. The van der Waals surface area contributed by atoms with E-state index >= 15 is 0 Å². The number of benzene rings is 2. The fourth-order valence-corrected chi connectivity index (χ4v) is 2.14. The predicted octanol–water partition coefficient (Wildman–Crippen LogP) is 4.39. The van der Waals surface area contributed by atoms with E-state index in [1.54, 1.807) is 25.6 Å². The first-order valence-corrected chi connectivity index (χ1v) is 10.1. The summed E-state index contributed by atoms with van der Waals surface area (Å²) >= 11 is 14.8. The van der Waals surface area contributed by atoms with Crippen LogP contribution in [0.15, 0.2) is 60.7 Å². The maximum absolute atomic E-state index is 6.08. The van der Waals surface area contributed by atoms with E-state index in [4.69, 9.17) is 13.6 Å². The number of rotatable bonds is 2. The van der Waals surface area contributed by atoms with Crippen LogP contribution >= 0.6 is 48.8 Å². The number of hydrogen-bond acceptors (Lipinski definition) is 3. The lowest BCUT2D eigenvalue weighted by atomic mass is 10.2. The van der Waals surface area contributed by atoms with Gasteiger partial charge in [-0.05, 0) is 13.8 Å². The summed E-state index contributed by atoms with van der Waals surface area (Å²) in [5, 5.41) is 5.55. The summed E-state index contributed by atoms with van der Waals surface area (Å²) in [6.45, 7) is 3.75. The molecule has 0 aliphatic heterocycles. The number of aryl methyl sites for hydroxylation is 1. The monoisotopic (exact) mass is 435 g/mol. The minimum absolute atomic E-state index is 0. The van der Waals surface area contributed by atoms with Crippen LogP contribution in [0.5, 0.6) is 0 Å². The molecular weight excluding hydrogens is 406 g/mol. The van der Waals surface area contributed by atoms with Crippen LogP contribution in [0.4, 0.5) is 0 Å². The van der Waals surface area contributed by atoms with Crippen LogP contribution in [0, 0.1) is 6.92 Å². The van der Waals surface area contributed by atoms with E-state index in [0.29, 0.717) is 4.32 Å². The molecule has 4 radical (unpaired) electrons. The highest BCUT2D eigenvalue weighted by Gasteiger charge is 1.94. The lowest BCUT2D eigenvalue weighted by Gasteiger charge is -2.01. The highest BCUT2D eigenvalue weighted by atomic mass is 32.2. The zero-order valence-electron chi connectivity index (χ0n) is 17.3. The summed E-state index contributed by atoms with van der Waals surface area (Å²) in [4.78, 5) is 0. The third-order valence-electron chi connectivity index (χ3n) is 2.57. The van der Waals surface area contributed by atoms with Gasteiger partial charge < -0.3 is 10.6 Å². The fourth-order valence-electron chi connectivity index (χ4n) is 1.33. The molecule has 2 N–H and O–H groups in total. The molecule has 0 spiro atoms. The normalized spacial score (nSPS) is 8.26. The molecule has 144 valence electrons. The van der Waals surface area contributed by atoms with Crippen molar-refractivity contribution in [2.45, 2.75) is 19.5 Å². The average molecular weight is 435 g/mol. The van der Waals surface area contributed by atoms with Gasteiger partial charge in [0.2, 0.25) is 0 Å². The van der Waals surface area contributed by atoms with Crippen molar-refractivity contribution in [3.8, 4) is 0 Å². The van der Waals surface area contributed by atoms with Crippen LogP contribution in [0.25, 0.3) is 0 Å². The number of thiol groups is 1. The van der Waals surface area contributed by atoms with E-state index in [1.165, 1.54) is 18.9 Å².